The third-order valence-corrected chi connectivity index (χ3v) is 4.45. The molecule has 29 heavy (non-hydrogen) atoms. The molecule has 2 aromatic rings. The maximum Gasteiger partial charge on any atom is 0.260 e. The minimum Gasteiger partial charge on any atom is -0.490 e. The third kappa shape index (κ3) is 7.15. The van der Waals surface area contributed by atoms with Gasteiger partial charge in [-0.05, 0) is 43.7 Å². The molecule has 2 aromatic carbocycles. The lowest BCUT2D eigenvalue weighted by atomic mass is 10.3. The van der Waals surface area contributed by atoms with Gasteiger partial charge in [0.25, 0.3) is 5.91 Å². The summed E-state index contributed by atoms with van der Waals surface area (Å²) in [5.41, 5.74) is 0.398. The van der Waals surface area contributed by atoms with Crippen LogP contribution < -0.4 is 14.8 Å². The Morgan fingerprint density at radius 1 is 1.03 bits per heavy atom. The molecule has 0 saturated carbocycles. The molecule has 0 heterocycles. The Bertz CT molecular complexity index is 845. The van der Waals surface area contributed by atoms with Crippen molar-refractivity contribution in [1.82, 2.24) is 4.90 Å². The van der Waals surface area contributed by atoms with Crippen LogP contribution in [0, 0.1) is 0 Å². The van der Waals surface area contributed by atoms with Crippen molar-refractivity contribution in [3.05, 3.63) is 52.5 Å². The van der Waals surface area contributed by atoms with Crippen molar-refractivity contribution < 1.29 is 19.1 Å². The van der Waals surface area contributed by atoms with Crippen LogP contribution in [0.5, 0.6) is 11.5 Å². The number of nitrogens with one attached hydrogen (secondary N) is 1. The van der Waals surface area contributed by atoms with Crippen molar-refractivity contribution in [3.63, 3.8) is 0 Å². The first-order chi connectivity index (χ1) is 13.9. The largest absolute Gasteiger partial charge is 0.490 e. The second-order valence-corrected chi connectivity index (χ2v) is 7.00. The summed E-state index contributed by atoms with van der Waals surface area (Å²) in [7, 11) is 0. The van der Waals surface area contributed by atoms with Gasteiger partial charge in [-0.25, -0.2) is 0 Å². The van der Waals surface area contributed by atoms with Gasteiger partial charge >= 0.3 is 0 Å². The first kappa shape index (κ1) is 22.8. The van der Waals surface area contributed by atoms with Gasteiger partial charge in [0.15, 0.2) is 18.1 Å². The Kier molecular flexibility index (Phi) is 9.09. The molecular formula is C21H24Cl2N2O4. The first-order valence-electron chi connectivity index (χ1n) is 9.31. The Balaban J connectivity index is 1.98. The molecule has 0 aliphatic carbocycles. The molecule has 0 aromatic heterocycles. The van der Waals surface area contributed by atoms with E-state index >= 15 is 0 Å². The smallest absolute Gasteiger partial charge is 0.260 e. The van der Waals surface area contributed by atoms with Crippen LogP contribution in [0.2, 0.25) is 10.0 Å². The lowest BCUT2D eigenvalue weighted by Crippen LogP contribution is -2.41. The minimum atomic E-state index is -0.370. The normalized spacial score (nSPS) is 10.3. The van der Waals surface area contributed by atoms with Crippen molar-refractivity contribution >= 4 is 40.7 Å². The maximum atomic E-state index is 12.6. The Morgan fingerprint density at radius 2 is 1.72 bits per heavy atom. The highest BCUT2D eigenvalue weighted by molar-refractivity contribution is 6.35. The lowest BCUT2D eigenvalue weighted by molar-refractivity contribution is -0.136. The summed E-state index contributed by atoms with van der Waals surface area (Å²) >= 11 is 12.0. The predicted octanol–water partition coefficient (Wildman–Crippen LogP) is 4.65. The van der Waals surface area contributed by atoms with E-state index in [1.54, 1.807) is 36.4 Å². The van der Waals surface area contributed by atoms with E-state index in [0.29, 0.717) is 46.8 Å². The Labute approximate surface area is 180 Å². The first-order valence-corrected chi connectivity index (χ1v) is 10.1. The standard InChI is InChI=1S/C21H24Cl2N2O4/c1-3-11-25(13-20(26)24-17-12-15(22)9-10-16(17)23)21(27)14-29-19-8-6-5-7-18(19)28-4-2/h5-10,12H,3-4,11,13-14H2,1-2H3,(H,24,26). The number of ether oxygens (including phenoxy) is 2. The number of halogens is 2. The zero-order valence-electron chi connectivity index (χ0n) is 16.4. The fourth-order valence-corrected chi connectivity index (χ4v) is 2.93. The van der Waals surface area contributed by atoms with Crippen LogP contribution in [0.15, 0.2) is 42.5 Å². The summed E-state index contributed by atoms with van der Waals surface area (Å²) in [4.78, 5) is 26.5. The molecule has 0 unspecified atom stereocenters. The number of amides is 2. The molecule has 1 N–H and O–H groups in total. The van der Waals surface area contributed by atoms with Crippen molar-refractivity contribution in [2.24, 2.45) is 0 Å². The van der Waals surface area contributed by atoms with Gasteiger partial charge < -0.3 is 19.7 Å². The number of para-hydroxylation sites is 2. The predicted molar refractivity (Wildman–Crippen MR) is 115 cm³/mol. The lowest BCUT2D eigenvalue weighted by Gasteiger charge is -2.22. The van der Waals surface area contributed by atoms with E-state index < -0.39 is 0 Å². The van der Waals surface area contributed by atoms with Gasteiger partial charge in [-0.1, -0.05) is 42.3 Å². The molecule has 156 valence electrons. The molecule has 6 nitrogen and oxygen atoms in total. The average molecular weight is 439 g/mol. The van der Waals surface area contributed by atoms with Crippen LogP contribution in [0.4, 0.5) is 5.69 Å². The van der Waals surface area contributed by atoms with Gasteiger partial charge in [-0.15, -0.1) is 0 Å². The number of hydrogen-bond acceptors (Lipinski definition) is 4. The molecule has 0 aliphatic rings. The Hall–Kier alpha value is -2.44. The van der Waals surface area contributed by atoms with Crippen LogP contribution in [-0.4, -0.2) is 43.0 Å². The fourth-order valence-electron chi connectivity index (χ4n) is 2.59. The van der Waals surface area contributed by atoms with Gasteiger partial charge in [0.05, 0.1) is 23.9 Å². The molecule has 0 aliphatic heterocycles. The molecule has 8 heteroatoms. The fraction of sp³-hybridized carbons (Fsp3) is 0.333. The molecular weight excluding hydrogens is 415 g/mol. The molecule has 0 atom stereocenters. The van der Waals surface area contributed by atoms with E-state index in [2.05, 4.69) is 5.32 Å². The quantitative estimate of drug-likeness (QED) is 0.585. The van der Waals surface area contributed by atoms with Crippen LogP contribution in [0.25, 0.3) is 0 Å². The summed E-state index contributed by atoms with van der Waals surface area (Å²) in [6.07, 6.45) is 0.701. The SMILES string of the molecule is CCCN(CC(=O)Nc1cc(Cl)ccc1Cl)C(=O)COc1ccccc1OCC. The van der Waals surface area contributed by atoms with E-state index in [0.717, 1.165) is 0 Å². The summed E-state index contributed by atoms with van der Waals surface area (Å²) in [5.74, 6) is 0.378. The second-order valence-electron chi connectivity index (χ2n) is 6.16. The summed E-state index contributed by atoms with van der Waals surface area (Å²) < 4.78 is 11.1. The van der Waals surface area contributed by atoms with Crippen molar-refractivity contribution in [3.8, 4) is 11.5 Å². The molecule has 0 bridgehead atoms. The summed E-state index contributed by atoms with van der Waals surface area (Å²) in [6, 6.07) is 11.9. The summed E-state index contributed by atoms with van der Waals surface area (Å²) in [5, 5.41) is 3.50. The molecule has 0 spiro atoms. The topological polar surface area (TPSA) is 67.9 Å². The van der Waals surface area contributed by atoms with Crippen molar-refractivity contribution in [2.75, 3.05) is 31.6 Å². The highest BCUT2D eigenvalue weighted by Crippen LogP contribution is 2.27. The molecule has 2 amide bonds. The minimum absolute atomic E-state index is 0.119. The average Bonchev–Trinajstić information content (AvgIpc) is 2.69. The maximum absolute atomic E-state index is 12.6. The highest BCUT2D eigenvalue weighted by Gasteiger charge is 2.18. The van der Waals surface area contributed by atoms with Gasteiger partial charge in [0, 0.05) is 11.6 Å². The van der Waals surface area contributed by atoms with Crippen LogP contribution in [0.1, 0.15) is 20.3 Å². The highest BCUT2D eigenvalue weighted by atomic mass is 35.5. The second kappa shape index (κ2) is 11.5. The van der Waals surface area contributed by atoms with Crippen LogP contribution in [-0.2, 0) is 9.59 Å². The third-order valence-electron chi connectivity index (χ3n) is 3.88. The van der Waals surface area contributed by atoms with Crippen LogP contribution >= 0.6 is 23.2 Å². The molecule has 2 rings (SSSR count). The number of nitrogens with zero attached hydrogens (tertiary/aromatic N) is 1. The van der Waals surface area contributed by atoms with Gasteiger partial charge in [0.2, 0.25) is 5.91 Å². The number of benzene rings is 2. The van der Waals surface area contributed by atoms with Crippen LogP contribution in [0.3, 0.4) is 0 Å². The van der Waals surface area contributed by atoms with E-state index in [-0.39, 0.29) is 25.0 Å². The van der Waals surface area contributed by atoms with Crippen molar-refractivity contribution in [1.29, 1.82) is 0 Å². The van der Waals surface area contributed by atoms with E-state index in [4.69, 9.17) is 32.7 Å². The zero-order valence-corrected chi connectivity index (χ0v) is 17.9. The number of anilines is 1. The van der Waals surface area contributed by atoms with E-state index in [1.807, 2.05) is 19.9 Å². The van der Waals surface area contributed by atoms with Gasteiger partial charge in [0.1, 0.15) is 0 Å². The number of hydrogen-bond donors (Lipinski definition) is 1. The number of rotatable bonds is 10. The zero-order chi connectivity index (χ0) is 21.2. The van der Waals surface area contributed by atoms with E-state index in [9.17, 15) is 9.59 Å². The molecule has 0 radical (unpaired) electrons. The molecule has 0 fully saturated rings. The van der Waals surface area contributed by atoms with E-state index in [1.165, 1.54) is 4.90 Å². The number of carbonyl (C=O) groups is 2. The monoisotopic (exact) mass is 438 g/mol. The molecule has 0 saturated heterocycles. The summed E-state index contributed by atoms with van der Waals surface area (Å²) in [6.45, 7) is 4.39. The van der Waals surface area contributed by atoms with Gasteiger partial charge in [-0.3, -0.25) is 9.59 Å². The number of carbonyl (C=O) groups excluding carboxylic acids is 2. The Morgan fingerprint density at radius 3 is 2.38 bits per heavy atom. The van der Waals surface area contributed by atoms with Crippen molar-refractivity contribution in [2.45, 2.75) is 20.3 Å². The van der Waals surface area contributed by atoms with Gasteiger partial charge in [-0.2, -0.15) is 0 Å².